The third-order valence-electron chi connectivity index (χ3n) is 2.90. The van der Waals surface area contributed by atoms with Crippen molar-refractivity contribution in [2.75, 3.05) is 13.7 Å². The zero-order chi connectivity index (χ0) is 11.0. The molecule has 0 saturated carbocycles. The van der Waals surface area contributed by atoms with Crippen molar-refractivity contribution in [3.63, 3.8) is 0 Å². The van der Waals surface area contributed by atoms with E-state index in [4.69, 9.17) is 4.74 Å². The summed E-state index contributed by atoms with van der Waals surface area (Å²) in [6, 6.07) is 0. The number of unbranched alkanes of at least 4 members (excludes halogenated alkanes) is 2. The molecule has 0 aromatic rings. The zero-order valence-electron chi connectivity index (χ0n) is 10.2. The van der Waals surface area contributed by atoms with Crippen LogP contribution in [0.1, 0.15) is 46.5 Å². The molecule has 14 heavy (non-hydrogen) atoms. The third kappa shape index (κ3) is 4.14. The van der Waals surface area contributed by atoms with Gasteiger partial charge in [-0.05, 0) is 26.8 Å². The fourth-order valence-electron chi connectivity index (χ4n) is 1.22. The number of rotatable bonds is 8. The number of hydrogen-bond donors (Lipinski definition) is 1. The van der Waals surface area contributed by atoms with Gasteiger partial charge in [-0.2, -0.15) is 0 Å². The Kier molecular flexibility index (Phi) is 6.64. The molecule has 84 valence electrons. The fraction of sp³-hybridized carbons (Fsp3) is 0.833. The van der Waals surface area contributed by atoms with Crippen molar-refractivity contribution >= 4 is 0 Å². The van der Waals surface area contributed by atoms with Crippen LogP contribution in [0.25, 0.3) is 0 Å². The minimum atomic E-state index is -0.0772. The van der Waals surface area contributed by atoms with E-state index >= 15 is 0 Å². The Labute approximate surface area is 88.7 Å². The van der Waals surface area contributed by atoms with E-state index in [0.29, 0.717) is 0 Å². The molecular weight excluding hydrogens is 174 g/mol. The van der Waals surface area contributed by atoms with Gasteiger partial charge < -0.3 is 10.1 Å². The first-order valence-electron chi connectivity index (χ1n) is 5.61. The van der Waals surface area contributed by atoms with E-state index in [1.54, 1.807) is 0 Å². The molecule has 1 unspecified atom stereocenters. The summed E-state index contributed by atoms with van der Waals surface area (Å²) < 4.78 is 5.63. The van der Waals surface area contributed by atoms with Crippen LogP contribution in [0.5, 0.6) is 0 Å². The van der Waals surface area contributed by atoms with Gasteiger partial charge in [0.25, 0.3) is 0 Å². The van der Waals surface area contributed by atoms with Crippen LogP contribution in [0.15, 0.2) is 12.3 Å². The summed E-state index contributed by atoms with van der Waals surface area (Å²) in [6.07, 6.45) is 4.58. The monoisotopic (exact) mass is 199 g/mol. The molecule has 0 bridgehead atoms. The highest BCUT2D eigenvalue weighted by molar-refractivity contribution is 5.07. The van der Waals surface area contributed by atoms with Gasteiger partial charge in [0.1, 0.15) is 5.76 Å². The van der Waals surface area contributed by atoms with Crippen molar-refractivity contribution in [3.05, 3.63) is 12.3 Å². The molecule has 0 aliphatic rings. The van der Waals surface area contributed by atoms with Gasteiger partial charge in [-0.25, -0.2) is 0 Å². The first kappa shape index (κ1) is 13.5. The summed E-state index contributed by atoms with van der Waals surface area (Å²) in [7, 11) is 1.95. The average molecular weight is 199 g/mol. The maximum atomic E-state index is 5.63. The lowest BCUT2D eigenvalue weighted by atomic mass is 9.97. The number of likely N-dealkylation sites (N-methyl/N-ethyl adjacent to an activating group) is 1. The SMILES string of the molecule is C=C(OCCCCC)C(C)(CC)NC. The van der Waals surface area contributed by atoms with Crippen LogP contribution in [0.2, 0.25) is 0 Å². The number of nitrogens with one attached hydrogen (secondary N) is 1. The van der Waals surface area contributed by atoms with Crippen LogP contribution < -0.4 is 5.32 Å². The molecule has 0 aliphatic carbocycles. The van der Waals surface area contributed by atoms with Crippen molar-refractivity contribution in [1.29, 1.82) is 0 Å². The first-order valence-corrected chi connectivity index (χ1v) is 5.61. The summed E-state index contributed by atoms with van der Waals surface area (Å²) in [6.45, 7) is 11.2. The minimum Gasteiger partial charge on any atom is -0.497 e. The lowest BCUT2D eigenvalue weighted by molar-refractivity contribution is 0.151. The van der Waals surface area contributed by atoms with Crippen LogP contribution in [-0.4, -0.2) is 19.2 Å². The third-order valence-corrected chi connectivity index (χ3v) is 2.90. The molecule has 0 saturated heterocycles. The lowest BCUT2D eigenvalue weighted by Gasteiger charge is -2.29. The Bertz CT molecular complexity index is 162. The van der Waals surface area contributed by atoms with Crippen molar-refractivity contribution in [3.8, 4) is 0 Å². The van der Waals surface area contributed by atoms with Gasteiger partial charge in [0.05, 0.1) is 12.1 Å². The molecule has 0 heterocycles. The van der Waals surface area contributed by atoms with Crippen molar-refractivity contribution < 1.29 is 4.74 Å². The van der Waals surface area contributed by atoms with E-state index in [-0.39, 0.29) is 5.54 Å². The molecule has 2 nitrogen and oxygen atoms in total. The number of ether oxygens (including phenoxy) is 1. The average Bonchev–Trinajstić information content (AvgIpc) is 2.22. The molecule has 0 aromatic heterocycles. The molecule has 0 aromatic carbocycles. The van der Waals surface area contributed by atoms with E-state index in [0.717, 1.165) is 25.2 Å². The maximum Gasteiger partial charge on any atom is 0.109 e. The summed E-state index contributed by atoms with van der Waals surface area (Å²) in [4.78, 5) is 0. The molecule has 0 spiro atoms. The Balaban J connectivity index is 3.82. The van der Waals surface area contributed by atoms with Crippen LogP contribution in [0.3, 0.4) is 0 Å². The Morgan fingerprint density at radius 2 is 2.00 bits per heavy atom. The predicted molar refractivity (Wildman–Crippen MR) is 62.4 cm³/mol. The molecule has 0 aliphatic heterocycles. The highest BCUT2D eigenvalue weighted by Gasteiger charge is 2.24. The van der Waals surface area contributed by atoms with E-state index in [1.165, 1.54) is 12.8 Å². The molecule has 0 rings (SSSR count). The quantitative estimate of drug-likeness (QED) is 0.479. The molecule has 1 atom stereocenters. The zero-order valence-corrected chi connectivity index (χ0v) is 10.2. The molecule has 1 N–H and O–H groups in total. The highest BCUT2D eigenvalue weighted by atomic mass is 16.5. The molecular formula is C12H25NO. The summed E-state index contributed by atoms with van der Waals surface area (Å²) in [5, 5.41) is 3.24. The van der Waals surface area contributed by atoms with E-state index < -0.39 is 0 Å². The van der Waals surface area contributed by atoms with Crippen LogP contribution in [0.4, 0.5) is 0 Å². The van der Waals surface area contributed by atoms with Crippen LogP contribution >= 0.6 is 0 Å². The standard InChI is InChI=1S/C12H25NO/c1-6-8-9-10-14-11(3)12(4,7-2)13-5/h13H,3,6-10H2,1-2,4-5H3. The van der Waals surface area contributed by atoms with Gasteiger partial charge in [-0.3, -0.25) is 0 Å². The van der Waals surface area contributed by atoms with E-state index in [9.17, 15) is 0 Å². The first-order chi connectivity index (χ1) is 6.60. The Morgan fingerprint density at radius 1 is 1.36 bits per heavy atom. The van der Waals surface area contributed by atoms with Gasteiger partial charge in [-0.1, -0.05) is 33.3 Å². The van der Waals surface area contributed by atoms with Crippen molar-refractivity contribution in [2.24, 2.45) is 0 Å². The van der Waals surface area contributed by atoms with Crippen LogP contribution in [-0.2, 0) is 4.74 Å². The largest absolute Gasteiger partial charge is 0.497 e. The van der Waals surface area contributed by atoms with Gasteiger partial charge in [0.2, 0.25) is 0 Å². The van der Waals surface area contributed by atoms with Crippen LogP contribution in [0, 0.1) is 0 Å². The number of hydrogen-bond acceptors (Lipinski definition) is 2. The molecule has 0 radical (unpaired) electrons. The molecule has 0 fully saturated rings. The fourth-order valence-corrected chi connectivity index (χ4v) is 1.22. The van der Waals surface area contributed by atoms with E-state index in [1.807, 2.05) is 7.05 Å². The molecule has 0 amide bonds. The van der Waals surface area contributed by atoms with Crippen molar-refractivity contribution in [2.45, 2.75) is 52.0 Å². The van der Waals surface area contributed by atoms with E-state index in [2.05, 4.69) is 32.7 Å². The second-order valence-corrected chi connectivity index (χ2v) is 3.91. The Hall–Kier alpha value is -0.500. The summed E-state index contributed by atoms with van der Waals surface area (Å²) >= 11 is 0. The highest BCUT2D eigenvalue weighted by Crippen LogP contribution is 2.19. The topological polar surface area (TPSA) is 21.3 Å². The van der Waals surface area contributed by atoms with Gasteiger partial charge in [0, 0.05) is 0 Å². The normalized spacial score (nSPS) is 14.9. The van der Waals surface area contributed by atoms with Gasteiger partial charge in [-0.15, -0.1) is 0 Å². The van der Waals surface area contributed by atoms with Gasteiger partial charge in [0.15, 0.2) is 0 Å². The molecule has 2 heteroatoms. The second kappa shape index (κ2) is 6.88. The second-order valence-electron chi connectivity index (χ2n) is 3.91. The summed E-state index contributed by atoms with van der Waals surface area (Å²) in [5.74, 6) is 0.860. The predicted octanol–water partition coefficient (Wildman–Crippen LogP) is 3.10. The summed E-state index contributed by atoms with van der Waals surface area (Å²) in [5.41, 5.74) is -0.0772. The minimum absolute atomic E-state index is 0.0772. The lowest BCUT2D eigenvalue weighted by Crippen LogP contribution is -2.41. The van der Waals surface area contributed by atoms with Crippen molar-refractivity contribution in [1.82, 2.24) is 5.32 Å². The smallest absolute Gasteiger partial charge is 0.109 e. The van der Waals surface area contributed by atoms with Gasteiger partial charge >= 0.3 is 0 Å². The maximum absolute atomic E-state index is 5.63. The Morgan fingerprint density at radius 3 is 2.43 bits per heavy atom.